The number of rotatable bonds is 11. The van der Waals surface area contributed by atoms with Gasteiger partial charge in [0.15, 0.2) is 6.61 Å². The second-order valence-corrected chi connectivity index (χ2v) is 8.71. The second-order valence-electron chi connectivity index (χ2n) is 8.71. The van der Waals surface area contributed by atoms with E-state index >= 15 is 0 Å². The van der Waals surface area contributed by atoms with Crippen molar-refractivity contribution in [1.29, 1.82) is 0 Å². The summed E-state index contributed by atoms with van der Waals surface area (Å²) in [5.41, 5.74) is 2.29. The second kappa shape index (κ2) is 10.2. The summed E-state index contributed by atoms with van der Waals surface area (Å²) in [4.78, 5) is 22.1. The summed E-state index contributed by atoms with van der Waals surface area (Å²) < 4.78 is 5.50. The topological polar surface area (TPSA) is 96.2 Å². The highest BCUT2D eigenvalue weighted by Gasteiger charge is 2.45. The van der Waals surface area contributed by atoms with Gasteiger partial charge >= 0.3 is 5.97 Å². The zero-order valence-electron chi connectivity index (χ0n) is 17.3. The third kappa shape index (κ3) is 5.35. The normalized spacial score (nSPS) is 26.4. The van der Waals surface area contributed by atoms with E-state index in [4.69, 9.17) is 9.84 Å². The number of nitroso groups, excluding NO2 is 1. The molecule has 6 nitrogen and oxygen atoms in total. The number of carboxylic acids is 1. The minimum atomic E-state index is -0.982. The van der Waals surface area contributed by atoms with Crippen LogP contribution in [0.25, 0.3) is 0 Å². The lowest BCUT2D eigenvalue weighted by Crippen LogP contribution is -2.28. The van der Waals surface area contributed by atoms with Crippen LogP contribution in [-0.2, 0) is 17.6 Å². The smallest absolute Gasteiger partial charge is 0.341 e. The summed E-state index contributed by atoms with van der Waals surface area (Å²) in [5, 5.41) is 23.0. The van der Waals surface area contributed by atoms with Crippen LogP contribution in [0.4, 0.5) is 0 Å². The van der Waals surface area contributed by atoms with Crippen LogP contribution in [0.5, 0.6) is 5.75 Å². The van der Waals surface area contributed by atoms with Crippen LogP contribution in [0.2, 0.25) is 0 Å². The molecule has 0 spiro atoms. The van der Waals surface area contributed by atoms with Crippen LogP contribution in [0.1, 0.15) is 63.0 Å². The van der Waals surface area contributed by atoms with Gasteiger partial charge in [0.05, 0.1) is 12.1 Å². The molecule has 2 N–H and O–H groups in total. The standard InChI is InChI=1S/C23H33NO5/c1-2-3-4-7-17(24-28)9-10-18-19-11-15-6-5-8-22(29-14-23(26)27)20(15)12-16(19)13-21(18)25/h5-6,8,16-19,21,25H,2-4,7,9-14H2,1H3,(H,26,27)/t16-,17-,18+,19-,21+/m0/s1. The maximum atomic E-state index is 11.2. The predicted octanol–water partition coefficient (Wildman–Crippen LogP) is 4.36. The molecule has 0 aliphatic heterocycles. The van der Waals surface area contributed by atoms with Crippen molar-refractivity contribution in [3.8, 4) is 5.75 Å². The number of hydrogen-bond donors (Lipinski definition) is 2. The van der Waals surface area contributed by atoms with Gasteiger partial charge in [-0.3, -0.25) is 0 Å². The Bertz CT molecular complexity index is 707. The van der Waals surface area contributed by atoms with E-state index in [-0.39, 0.29) is 24.7 Å². The van der Waals surface area contributed by atoms with E-state index in [0.717, 1.165) is 63.4 Å². The number of ether oxygens (including phenoxy) is 1. The zero-order chi connectivity index (χ0) is 20.8. The molecule has 1 aromatic rings. The Morgan fingerprint density at radius 1 is 1.28 bits per heavy atom. The van der Waals surface area contributed by atoms with E-state index in [2.05, 4.69) is 18.2 Å². The van der Waals surface area contributed by atoms with E-state index in [0.29, 0.717) is 17.6 Å². The monoisotopic (exact) mass is 403 g/mol. The summed E-state index contributed by atoms with van der Waals surface area (Å²) >= 11 is 0. The number of unbranched alkanes of at least 4 members (excludes halogenated alkanes) is 2. The Morgan fingerprint density at radius 3 is 2.83 bits per heavy atom. The van der Waals surface area contributed by atoms with Crippen LogP contribution >= 0.6 is 0 Å². The minimum absolute atomic E-state index is 0.139. The van der Waals surface area contributed by atoms with Gasteiger partial charge in [-0.05, 0) is 73.5 Å². The summed E-state index contributed by atoms with van der Waals surface area (Å²) in [5.74, 6) is 0.648. The van der Waals surface area contributed by atoms with Crippen LogP contribution in [0.15, 0.2) is 23.4 Å². The average Bonchev–Trinajstić information content (AvgIpc) is 3.01. The number of aliphatic hydroxyl groups excluding tert-OH is 1. The van der Waals surface area contributed by atoms with Crippen LogP contribution in [0.3, 0.4) is 0 Å². The largest absolute Gasteiger partial charge is 0.482 e. The third-order valence-electron chi connectivity index (χ3n) is 6.82. The Hall–Kier alpha value is -1.95. The van der Waals surface area contributed by atoms with E-state index < -0.39 is 5.97 Å². The van der Waals surface area contributed by atoms with Crippen molar-refractivity contribution >= 4 is 5.97 Å². The van der Waals surface area contributed by atoms with Crippen molar-refractivity contribution in [2.45, 2.75) is 76.9 Å². The molecule has 29 heavy (non-hydrogen) atoms. The molecule has 6 heteroatoms. The zero-order valence-corrected chi connectivity index (χ0v) is 17.3. The van der Waals surface area contributed by atoms with E-state index in [1.807, 2.05) is 12.1 Å². The van der Waals surface area contributed by atoms with Crippen molar-refractivity contribution in [1.82, 2.24) is 0 Å². The summed E-state index contributed by atoms with van der Waals surface area (Å²) in [6.07, 6.45) is 7.86. The number of benzene rings is 1. The average molecular weight is 404 g/mol. The first-order valence-electron chi connectivity index (χ1n) is 11.0. The van der Waals surface area contributed by atoms with Gasteiger partial charge in [-0.15, -0.1) is 0 Å². The minimum Gasteiger partial charge on any atom is -0.482 e. The third-order valence-corrected chi connectivity index (χ3v) is 6.82. The van der Waals surface area contributed by atoms with Crippen LogP contribution in [0, 0.1) is 22.7 Å². The van der Waals surface area contributed by atoms with Crippen molar-refractivity contribution in [2.24, 2.45) is 22.9 Å². The molecule has 2 aliphatic rings. The molecule has 2 aliphatic carbocycles. The van der Waals surface area contributed by atoms with Gasteiger partial charge in [0.25, 0.3) is 0 Å². The lowest BCUT2D eigenvalue weighted by molar-refractivity contribution is -0.139. The Balaban J connectivity index is 1.64. The maximum absolute atomic E-state index is 11.2. The molecule has 3 rings (SSSR count). The van der Waals surface area contributed by atoms with Gasteiger partial charge in [-0.1, -0.05) is 43.5 Å². The molecule has 5 atom stereocenters. The molecule has 0 unspecified atom stereocenters. The highest BCUT2D eigenvalue weighted by molar-refractivity contribution is 5.68. The molecule has 160 valence electrons. The Labute approximate surface area is 172 Å². The van der Waals surface area contributed by atoms with E-state index in [1.165, 1.54) is 5.56 Å². The molecule has 0 radical (unpaired) electrons. The van der Waals surface area contributed by atoms with E-state index in [9.17, 15) is 14.8 Å². The Kier molecular flexibility index (Phi) is 7.64. The molecule has 1 saturated carbocycles. The van der Waals surface area contributed by atoms with Gasteiger partial charge in [-0.2, -0.15) is 4.91 Å². The fourth-order valence-electron chi connectivity index (χ4n) is 5.34. The molecular formula is C23H33NO5. The molecule has 0 aromatic heterocycles. The number of aliphatic hydroxyl groups is 1. The highest BCUT2D eigenvalue weighted by Crippen LogP contribution is 2.48. The van der Waals surface area contributed by atoms with Gasteiger partial charge in [0.1, 0.15) is 5.75 Å². The van der Waals surface area contributed by atoms with E-state index in [1.54, 1.807) is 0 Å². The fourth-order valence-corrected chi connectivity index (χ4v) is 5.34. The van der Waals surface area contributed by atoms with Crippen LogP contribution in [-0.4, -0.2) is 34.9 Å². The first-order valence-corrected chi connectivity index (χ1v) is 11.0. The fraction of sp³-hybridized carbons (Fsp3) is 0.696. The summed E-state index contributed by atoms with van der Waals surface area (Å²) in [6.45, 7) is 1.81. The number of fused-ring (bicyclic) bond motifs is 2. The highest BCUT2D eigenvalue weighted by atomic mass is 16.5. The Morgan fingerprint density at radius 2 is 2.10 bits per heavy atom. The molecule has 1 fully saturated rings. The maximum Gasteiger partial charge on any atom is 0.341 e. The van der Waals surface area contributed by atoms with Crippen molar-refractivity contribution in [3.05, 3.63) is 34.2 Å². The number of aliphatic carboxylic acids is 1. The first-order chi connectivity index (χ1) is 14.0. The van der Waals surface area contributed by atoms with Crippen molar-refractivity contribution in [2.75, 3.05) is 6.61 Å². The quantitative estimate of drug-likeness (QED) is 0.423. The molecule has 0 amide bonds. The van der Waals surface area contributed by atoms with Crippen molar-refractivity contribution < 1.29 is 19.7 Å². The SMILES string of the molecule is CCCCC[C@@H](CC[C@@H]1[C@H]2Cc3cccc(OCC(=O)O)c3C[C@H]2C[C@H]1O)N=O. The van der Waals surface area contributed by atoms with Gasteiger partial charge < -0.3 is 14.9 Å². The molecule has 1 aromatic carbocycles. The molecule has 0 heterocycles. The number of carboxylic acid groups (broad SMARTS) is 1. The number of hydrogen-bond acceptors (Lipinski definition) is 5. The van der Waals surface area contributed by atoms with Gasteiger partial charge in [0, 0.05) is 0 Å². The van der Waals surface area contributed by atoms with Gasteiger partial charge in [0.2, 0.25) is 0 Å². The van der Waals surface area contributed by atoms with Crippen LogP contribution < -0.4 is 4.74 Å². The number of carbonyl (C=O) groups is 1. The lowest BCUT2D eigenvalue weighted by atomic mass is 9.73. The first kappa shape index (κ1) is 21.8. The lowest BCUT2D eigenvalue weighted by Gasteiger charge is -2.32. The molecule has 0 saturated heterocycles. The molecule has 0 bridgehead atoms. The number of nitrogens with zero attached hydrogens (tertiary/aromatic N) is 1. The van der Waals surface area contributed by atoms with Crippen molar-refractivity contribution in [3.63, 3.8) is 0 Å². The predicted molar refractivity (Wildman–Crippen MR) is 111 cm³/mol. The summed E-state index contributed by atoms with van der Waals surface area (Å²) in [7, 11) is 0. The van der Waals surface area contributed by atoms with Gasteiger partial charge in [-0.25, -0.2) is 4.79 Å². The molecular weight excluding hydrogens is 370 g/mol. The summed E-state index contributed by atoms with van der Waals surface area (Å²) in [6, 6.07) is 5.69.